The molecule has 29 heavy (non-hydrogen) atoms. The van der Waals surface area contributed by atoms with Gasteiger partial charge in [-0.3, -0.25) is 9.59 Å². The molecule has 0 aromatic heterocycles. The molecular weight excluding hydrogens is 378 g/mol. The van der Waals surface area contributed by atoms with E-state index in [4.69, 9.17) is 4.74 Å². The second-order valence-corrected chi connectivity index (χ2v) is 6.16. The predicted octanol–water partition coefficient (Wildman–Crippen LogP) is 4.16. The first-order valence-electron chi connectivity index (χ1n) is 8.74. The number of anilines is 1. The summed E-state index contributed by atoms with van der Waals surface area (Å²) in [6.07, 6.45) is 0. The molecule has 0 saturated carbocycles. The van der Waals surface area contributed by atoms with Crippen LogP contribution in [0.3, 0.4) is 0 Å². The highest BCUT2D eigenvalue weighted by Gasteiger charge is 2.14. The van der Waals surface area contributed by atoms with Crippen molar-refractivity contribution in [1.29, 1.82) is 0 Å². The predicted molar refractivity (Wildman–Crippen MR) is 105 cm³/mol. The van der Waals surface area contributed by atoms with Crippen molar-refractivity contribution >= 4 is 17.5 Å². The number of methoxy groups -OCH3 is 1. The number of nitrogens with one attached hydrogen (secondary N) is 2. The SMILES string of the molecule is COc1ccc(CNC(=O)c2ccc(C(=O)Nc3c(F)cccc3F)cc2)cc1. The average molecular weight is 396 g/mol. The Morgan fingerprint density at radius 2 is 1.38 bits per heavy atom. The summed E-state index contributed by atoms with van der Waals surface area (Å²) >= 11 is 0. The third-order valence-electron chi connectivity index (χ3n) is 4.22. The molecule has 0 bridgehead atoms. The van der Waals surface area contributed by atoms with Crippen molar-refractivity contribution in [3.63, 3.8) is 0 Å². The van der Waals surface area contributed by atoms with Gasteiger partial charge in [-0.2, -0.15) is 0 Å². The van der Waals surface area contributed by atoms with E-state index in [0.717, 1.165) is 23.4 Å². The minimum Gasteiger partial charge on any atom is -0.497 e. The number of carbonyl (C=O) groups is 2. The molecule has 0 aliphatic rings. The van der Waals surface area contributed by atoms with Crippen LogP contribution in [0.4, 0.5) is 14.5 Å². The molecule has 7 heteroatoms. The van der Waals surface area contributed by atoms with Crippen LogP contribution in [0, 0.1) is 11.6 Å². The Balaban J connectivity index is 1.61. The number of halogens is 2. The monoisotopic (exact) mass is 396 g/mol. The van der Waals surface area contributed by atoms with Gasteiger partial charge in [-0.25, -0.2) is 8.78 Å². The summed E-state index contributed by atoms with van der Waals surface area (Å²) in [5.74, 6) is -2.00. The van der Waals surface area contributed by atoms with Gasteiger partial charge < -0.3 is 15.4 Å². The zero-order valence-corrected chi connectivity index (χ0v) is 15.5. The molecule has 2 amide bonds. The Bertz CT molecular complexity index is 999. The first-order chi connectivity index (χ1) is 14.0. The van der Waals surface area contributed by atoms with E-state index in [1.54, 1.807) is 19.2 Å². The molecule has 5 nitrogen and oxygen atoms in total. The highest BCUT2D eigenvalue weighted by atomic mass is 19.1. The van der Waals surface area contributed by atoms with Crippen molar-refractivity contribution in [3.8, 4) is 5.75 Å². The van der Waals surface area contributed by atoms with E-state index in [2.05, 4.69) is 10.6 Å². The van der Waals surface area contributed by atoms with Crippen molar-refractivity contribution < 1.29 is 23.1 Å². The van der Waals surface area contributed by atoms with Gasteiger partial charge in [0.1, 0.15) is 23.1 Å². The van der Waals surface area contributed by atoms with Crippen LogP contribution >= 0.6 is 0 Å². The van der Waals surface area contributed by atoms with Gasteiger partial charge in [-0.15, -0.1) is 0 Å². The Morgan fingerprint density at radius 3 is 1.93 bits per heavy atom. The number of amides is 2. The number of ether oxygens (including phenoxy) is 1. The maximum absolute atomic E-state index is 13.6. The molecule has 0 fully saturated rings. The fourth-order valence-electron chi connectivity index (χ4n) is 2.60. The maximum Gasteiger partial charge on any atom is 0.255 e. The summed E-state index contributed by atoms with van der Waals surface area (Å²) in [6, 6.07) is 16.4. The first-order valence-corrected chi connectivity index (χ1v) is 8.74. The Morgan fingerprint density at radius 1 is 0.828 bits per heavy atom. The minimum atomic E-state index is -0.868. The van der Waals surface area contributed by atoms with Gasteiger partial charge in [0, 0.05) is 17.7 Å². The van der Waals surface area contributed by atoms with E-state index in [1.807, 2.05) is 12.1 Å². The number of hydrogen-bond acceptors (Lipinski definition) is 3. The first kappa shape index (κ1) is 20.0. The summed E-state index contributed by atoms with van der Waals surface area (Å²) in [4.78, 5) is 24.5. The van der Waals surface area contributed by atoms with Crippen molar-refractivity contribution in [2.24, 2.45) is 0 Å². The standard InChI is InChI=1S/C22H18F2N2O3/c1-29-17-11-5-14(6-12-17)13-25-21(27)15-7-9-16(10-8-15)22(28)26-20-18(23)3-2-4-19(20)24/h2-12H,13H2,1H3,(H,25,27)(H,26,28). The fourth-order valence-corrected chi connectivity index (χ4v) is 2.60. The zero-order chi connectivity index (χ0) is 20.8. The van der Waals surface area contributed by atoms with Crippen molar-refractivity contribution in [2.45, 2.75) is 6.54 Å². The van der Waals surface area contributed by atoms with E-state index >= 15 is 0 Å². The zero-order valence-electron chi connectivity index (χ0n) is 15.5. The Hall–Kier alpha value is -3.74. The van der Waals surface area contributed by atoms with Crippen LogP contribution in [0.1, 0.15) is 26.3 Å². The molecule has 148 valence electrons. The van der Waals surface area contributed by atoms with Crippen LogP contribution < -0.4 is 15.4 Å². The van der Waals surface area contributed by atoms with Crippen LogP contribution in [0.5, 0.6) is 5.75 Å². The minimum absolute atomic E-state index is 0.166. The topological polar surface area (TPSA) is 67.4 Å². The summed E-state index contributed by atoms with van der Waals surface area (Å²) < 4.78 is 32.4. The number of hydrogen-bond donors (Lipinski definition) is 2. The maximum atomic E-state index is 13.6. The molecule has 0 unspecified atom stereocenters. The van der Waals surface area contributed by atoms with E-state index in [9.17, 15) is 18.4 Å². The number of rotatable bonds is 6. The van der Waals surface area contributed by atoms with Gasteiger partial charge in [0.15, 0.2) is 0 Å². The second-order valence-electron chi connectivity index (χ2n) is 6.16. The second kappa shape index (κ2) is 8.97. The molecule has 3 rings (SSSR count). The third-order valence-corrected chi connectivity index (χ3v) is 4.22. The van der Waals surface area contributed by atoms with Gasteiger partial charge in [-0.05, 0) is 54.1 Å². The van der Waals surface area contributed by atoms with Gasteiger partial charge >= 0.3 is 0 Å². The molecular formula is C22H18F2N2O3. The molecule has 0 aliphatic carbocycles. The van der Waals surface area contributed by atoms with E-state index in [-0.39, 0.29) is 11.5 Å². The smallest absolute Gasteiger partial charge is 0.255 e. The van der Waals surface area contributed by atoms with Crippen molar-refractivity contribution in [1.82, 2.24) is 5.32 Å². The molecule has 3 aromatic carbocycles. The van der Waals surface area contributed by atoms with E-state index in [0.29, 0.717) is 12.1 Å². The van der Waals surface area contributed by atoms with E-state index in [1.165, 1.54) is 30.3 Å². The Labute approximate surface area is 166 Å². The lowest BCUT2D eigenvalue weighted by Crippen LogP contribution is -2.23. The van der Waals surface area contributed by atoms with Gasteiger partial charge in [0.05, 0.1) is 7.11 Å². The average Bonchev–Trinajstić information content (AvgIpc) is 2.75. The summed E-state index contributed by atoms with van der Waals surface area (Å²) in [5, 5.41) is 4.98. The van der Waals surface area contributed by atoms with Gasteiger partial charge in [0.25, 0.3) is 11.8 Å². The molecule has 0 atom stereocenters. The molecule has 2 N–H and O–H groups in total. The number of para-hydroxylation sites is 1. The molecule has 0 aliphatic heterocycles. The molecule has 3 aromatic rings. The van der Waals surface area contributed by atoms with Crippen LogP contribution in [-0.4, -0.2) is 18.9 Å². The van der Waals surface area contributed by atoms with Gasteiger partial charge in [-0.1, -0.05) is 18.2 Å². The third kappa shape index (κ3) is 4.95. The highest BCUT2D eigenvalue weighted by molar-refractivity contribution is 6.05. The van der Waals surface area contributed by atoms with Crippen molar-refractivity contribution in [3.05, 3.63) is 95.1 Å². The molecule has 0 heterocycles. The lowest BCUT2D eigenvalue weighted by Gasteiger charge is -2.09. The molecule has 0 spiro atoms. The van der Waals surface area contributed by atoms with Gasteiger partial charge in [0.2, 0.25) is 0 Å². The quantitative estimate of drug-likeness (QED) is 0.658. The Kier molecular flexibility index (Phi) is 6.19. The summed E-state index contributed by atoms with van der Waals surface area (Å²) in [7, 11) is 1.58. The summed E-state index contributed by atoms with van der Waals surface area (Å²) in [6.45, 7) is 0.331. The van der Waals surface area contributed by atoms with Crippen molar-refractivity contribution in [2.75, 3.05) is 12.4 Å². The fraction of sp³-hybridized carbons (Fsp3) is 0.0909. The lowest BCUT2D eigenvalue weighted by atomic mass is 10.1. The highest BCUT2D eigenvalue weighted by Crippen LogP contribution is 2.19. The van der Waals surface area contributed by atoms with E-state index < -0.39 is 23.2 Å². The van der Waals surface area contributed by atoms with Crippen LogP contribution in [-0.2, 0) is 6.54 Å². The lowest BCUT2D eigenvalue weighted by molar-refractivity contribution is 0.0949. The largest absolute Gasteiger partial charge is 0.497 e. The number of benzene rings is 3. The normalized spacial score (nSPS) is 10.3. The molecule has 0 saturated heterocycles. The summed E-state index contributed by atoms with van der Waals surface area (Å²) in [5.41, 5.74) is 0.910. The number of carbonyl (C=O) groups excluding carboxylic acids is 2. The van der Waals surface area contributed by atoms with Crippen LogP contribution in [0.25, 0.3) is 0 Å². The molecule has 0 radical (unpaired) electrons. The van der Waals surface area contributed by atoms with Crippen LogP contribution in [0.15, 0.2) is 66.7 Å². The van der Waals surface area contributed by atoms with Crippen LogP contribution in [0.2, 0.25) is 0 Å².